The smallest absolute Gasteiger partial charge is 0.0501 e. The standard InChI is InChI=1S/C40H34N2/c1-27-18-20-30(21-19-27)42-38-17-11-10-16-33(38)35-25-34-32-23-22-31(24-36(32)40(2,3)37(34)26-39(35)42)41(28-12-6-4-7-13-28)29-14-8-5-9-15-29/h4-15,17-26,33H,16H2,1-3H3. The molecule has 0 amide bonds. The molecule has 2 nitrogen and oxygen atoms in total. The summed E-state index contributed by atoms with van der Waals surface area (Å²) in [5.41, 5.74) is 15.6. The minimum atomic E-state index is -0.131. The van der Waals surface area contributed by atoms with Crippen molar-refractivity contribution in [3.8, 4) is 11.1 Å². The van der Waals surface area contributed by atoms with Crippen LogP contribution in [0, 0.1) is 6.92 Å². The lowest BCUT2D eigenvalue weighted by Gasteiger charge is -2.28. The zero-order valence-electron chi connectivity index (χ0n) is 24.4. The molecule has 0 spiro atoms. The summed E-state index contributed by atoms with van der Waals surface area (Å²) in [6, 6.07) is 42.4. The van der Waals surface area contributed by atoms with Gasteiger partial charge in [0.05, 0.1) is 5.69 Å². The summed E-state index contributed by atoms with van der Waals surface area (Å²) in [6.45, 7) is 6.94. The normalized spacial score (nSPS) is 17.3. The first-order valence-electron chi connectivity index (χ1n) is 15.0. The molecule has 0 saturated heterocycles. The molecule has 42 heavy (non-hydrogen) atoms. The molecule has 0 bridgehead atoms. The van der Waals surface area contributed by atoms with Crippen molar-refractivity contribution in [2.24, 2.45) is 0 Å². The Morgan fingerprint density at radius 2 is 1.36 bits per heavy atom. The van der Waals surface area contributed by atoms with Gasteiger partial charge in [0.25, 0.3) is 0 Å². The minimum absolute atomic E-state index is 0.131. The lowest BCUT2D eigenvalue weighted by atomic mass is 9.81. The van der Waals surface area contributed by atoms with E-state index in [1.165, 1.54) is 56.1 Å². The van der Waals surface area contributed by atoms with Gasteiger partial charge in [-0.3, -0.25) is 0 Å². The maximum Gasteiger partial charge on any atom is 0.0501 e. The summed E-state index contributed by atoms with van der Waals surface area (Å²) in [4.78, 5) is 4.87. The van der Waals surface area contributed by atoms with Gasteiger partial charge in [0, 0.05) is 39.8 Å². The third-order valence-corrected chi connectivity index (χ3v) is 9.39. The highest BCUT2D eigenvalue weighted by atomic mass is 15.2. The largest absolute Gasteiger partial charge is 0.313 e. The first-order valence-corrected chi connectivity index (χ1v) is 15.0. The Hall–Kier alpha value is -4.82. The quantitative estimate of drug-likeness (QED) is 0.223. The molecule has 1 atom stereocenters. The van der Waals surface area contributed by atoms with Gasteiger partial charge in [-0.15, -0.1) is 0 Å². The van der Waals surface area contributed by atoms with E-state index in [1.807, 2.05) is 0 Å². The van der Waals surface area contributed by atoms with E-state index in [0.29, 0.717) is 5.92 Å². The number of benzene rings is 5. The lowest BCUT2D eigenvalue weighted by molar-refractivity contribution is 0.660. The number of rotatable bonds is 4. The van der Waals surface area contributed by atoms with E-state index < -0.39 is 0 Å². The Kier molecular flexibility index (Phi) is 5.55. The predicted molar refractivity (Wildman–Crippen MR) is 177 cm³/mol. The van der Waals surface area contributed by atoms with Crippen molar-refractivity contribution in [3.63, 3.8) is 0 Å². The van der Waals surface area contributed by atoms with Gasteiger partial charge in [-0.1, -0.05) is 86.2 Å². The second-order valence-electron chi connectivity index (χ2n) is 12.3. The van der Waals surface area contributed by atoms with Crippen LogP contribution in [0.4, 0.5) is 28.4 Å². The van der Waals surface area contributed by atoms with Crippen LogP contribution in [0.3, 0.4) is 0 Å². The van der Waals surface area contributed by atoms with Crippen LogP contribution < -0.4 is 9.80 Å². The number of aryl methyl sites for hydroxylation is 1. The molecule has 2 heteroatoms. The second kappa shape index (κ2) is 9.36. The minimum Gasteiger partial charge on any atom is -0.313 e. The second-order valence-corrected chi connectivity index (χ2v) is 12.3. The molecule has 5 aromatic rings. The van der Waals surface area contributed by atoms with E-state index in [9.17, 15) is 0 Å². The van der Waals surface area contributed by atoms with Crippen molar-refractivity contribution in [2.45, 2.75) is 38.5 Å². The summed E-state index contributed by atoms with van der Waals surface area (Å²) >= 11 is 0. The molecule has 2 aliphatic carbocycles. The van der Waals surface area contributed by atoms with Gasteiger partial charge in [0.15, 0.2) is 0 Å². The Morgan fingerprint density at radius 3 is 2.05 bits per heavy atom. The zero-order chi connectivity index (χ0) is 28.4. The predicted octanol–water partition coefficient (Wildman–Crippen LogP) is 10.9. The lowest BCUT2D eigenvalue weighted by Crippen LogP contribution is -2.18. The van der Waals surface area contributed by atoms with Crippen LogP contribution in [0.2, 0.25) is 0 Å². The van der Waals surface area contributed by atoms with Crippen LogP contribution in [-0.4, -0.2) is 0 Å². The number of allylic oxidation sites excluding steroid dienone is 4. The molecule has 1 unspecified atom stereocenters. The summed E-state index contributed by atoms with van der Waals surface area (Å²) < 4.78 is 0. The molecule has 0 radical (unpaired) electrons. The van der Waals surface area contributed by atoms with Crippen LogP contribution in [0.1, 0.15) is 48.4 Å². The van der Waals surface area contributed by atoms with E-state index in [0.717, 1.165) is 17.8 Å². The Morgan fingerprint density at radius 1 is 0.690 bits per heavy atom. The molecular formula is C40H34N2. The third-order valence-electron chi connectivity index (χ3n) is 9.39. The number of fused-ring (bicyclic) bond motifs is 6. The average Bonchev–Trinajstić information content (AvgIpc) is 3.46. The Labute approximate surface area is 248 Å². The van der Waals surface area contributed by atoms with Gasteiger partial charge in [-0.25, -0.2) is 0 Å². The summed E-state index contributed by atoms with van der Waals surface area (Å²) in [5, 5.41) is 0. The van der Waals surface area contributed by atoms with Crippen LogP contribution >= 0.6 is 0 Å². The van der Waals surface area contributed by atoms with Gasteiger partial charge in [-0.05, 0) is 108 Å². The number of hydrogen-bond donors (Lipinski definition) is 0. The molecule has 3 aliphatic rings. The van der Waals surface area contributed by atoms with Gasteiger partial charge < -0.3 is 9.80 Å². The van der Waals surface area contributed by atoms with Crippen molar-refractivity contribution in [2.75, 3.05) is 9.80 Å². The summed E-state index contributed by atoms with van der Waals surface area (Å²) in [5.74, 6) is 0.384. The van der Waals surface area contributed by atoms with Crippen molar-refractivity contribution in [1.29, 1.82) is 0 Å². The molecule has 0 aromatic heterocycles. The van der Waals surface area contributed by atoms with Gasteiger partial charge in [0.1, 0.15) is 0 Å². The monoisotopic (exact) mass is 542 g/mol. The van der Waals surface area contributed by atoms with Crippen molar-refractivity contribution in [1.82, 2.24) is 0 Å². The maximum absolute atomic E-state index is 2.51. The molecule has 1 aliphatic heterocycles. The first-order chi connectivity index (χ1) is 20.5. The highest BCUT2D eigenvalue weighted by Crippen LogP contribution is 2.57. The maximum atomic E-state index is 2.51. The highest BCUT2D eigenvalue weighted by Gasteiger charge is 2.41. The van der Waals surface area contributed by atoms with E-state index in [2.05, 4.69) is 164 Å². The Bertz CT molecular complexity index is 1840. The number of anilines is 5. The third kappa shape index (κ3) is 3.72. The Balaban J connectivity index is 1.28. The molecule has 0 saturated carbocycles. The molecule has 0 fully saturated rings. The van der Waals surface area contributed by atoms with Crippen molar-refractivity contribution < 1.29 is 0 Å². The zero-order valence-corrected chi connectivity index (χ0v) is 24.4. The van der Waals surface area contributed by atoms with E-state index in [-0.39, 0.29) is 5.41 Å². The van der Waals surface area contributed by atoms with Crippen LogP contribution in [-0.2, 0) is 5.41 Å². The SMILES string of the molecule is Cc1ccc(N2C3=CC=CCC3c3cc4c(cc32)C(C)(C)c2cc(N(c3ccccc3)c3ccccc3)ccc2-4)cc1. The van der Waals surface area contributed by atoms with Crippen LogP contribution in [0.25, 0.3) is 11.1 Å². The van der Waals surface area contributed by atoms with E-state index in [4.69, 9.17) is 0 Å². The highest BCUT2D eigenvalue weighted by molar-refractivity contribution is 5.90. The number of para-hydroxylation sites is 2. The fourth-order valence-corrected chi connectivity index (χ4v) is 7.24. The van der Waals surface area contributed by atoms with Crippen LogP contribution in [0.15, 0.2) is 139 Å². The van der Waals surface area contributed by atoms with Crippen LogP contribution in [0.5, 0.6) is 0 Å². The number of hydrogen-bond acceptors (Lipinski definition) is 2. The summed E-state index contributed by atoms with van der Waals surface area (Å²) in [6.07, 6.45) is 7.89. The molecule has 8 rings (SSSR count). The number of nitrogens with zero attached hydrogens (tertiary/aromatic N) is 2. The molecule has 1 heterocycles. The van der Waals surface area contributed by atoms with Crippen molar-refractivity contribution >= 4 is 28.4 Å². The molecule has 0 N–H and O–H groups in total. The average molecular weight is 543 g/mol. The first kappa shape index (κ1) is 24.9. The molecule has 5 aromatic carbocycles. The van der Waals surface area contributed by atoms with Gasteiger partial charge in [-0.2, -0.15) is 0 Å². The molecular weight excluding hydrogens is 508 g/mol. The fourth-order valence-electron chi connectivity index (χ4n) is 7.24. The van der Waals surface area contributed by atoms with Gasteiger partial charge in [0.2, 0.25) is 0 Å². The molecule has 204 valence electrons. The summed E-state index contributed by atoms with van der Waals surface area (Å²) in [7, 11) is 0. The van der Waals surface area contributed by atoms with E-state index in [1.54, 1.807) is 0 Å². The van der Waals surface area contributed by atoms with Gasteiger partial charge >= 0.3 is 0 Å². The van der Waals surface area contributed by atoms with E-state index >= 15 is 0 Å². The fraction of sp³-hybridized carbons (Fsp3) is 0.150. The van der Waals surface area contributed by atoms with Crippen molar-refractivity contribution in [3.05, 3.63) is 161 Å². The topological polar surface area (TPSA) is 6.48 Å².